The predicted octanol–water partition coefficient (Wildman–Crippen LogP) is 5.41. The lowest BCUT2D eigenvalue weighted by molar-refractivity contribution is -0.124. The van der Waals surface area contributed by atoms with Crippen LogP contribution in [0.2, 0.25) is 0 Å². The maximum atomic E-state index is 12.3. The minimum Gasteiger partial charge on any atom is -0.383 e. The van der Waals surface area contributed by atoms with Crippen LogP contribution in [-0.2, 0) is 10.3 Å². The van der Waals surface area contributed by atoms with E-state index < -0.39 is 0 Å². The fourth-order valence-electron chi connectivity index (χ4n) is 5.66. The maximum Gasteiger partial charge on any atom is 0.224 e. The molecule has 43 heavy (non-hydrogen) atoms. The summed E-state index contributed by atoms with van der Waals surface area (Å²) in [6.07, 6.45) is 9.77. The number of aromatic nitrogens is 4. The molecule has 0 radical (unpaired) electrons. The number of carbonyl (C=O) groups excluding carboxylic acids is 1. The van der Waals surface area contributed by atoms with Crippen LogP contribution < -0.4 is 16.8 Å². The highest BCUT2D eigenvalue weighted by atomic mass is 16.1. The number of pyridine rings is 2. The van der Waals surface area contributed by atoms with Gasteiger partial charge in [0, 0.05) is 43.8 Å². The first-order valence-electron chi connectivity index (χ1n) is 15.0. The van der Waals surface area contributed by atoms with Gasteiger partial charge in [-0.1, -0.05) is 25.1 Å². The van der Waals surface area contributed by atoms with E-state index in [9.17, 15) is 4.79 Å². The molecule has 5 rings (SSSR count). The smallest absolute Gasteiger partial charge is 0.224 e. The molecule has 3 aromatic heterocycles. The van der Waals surface area contributed by atoms with Crippen molar-refractivity contribution in [3.05, 3.63) is 83.8 Å². The van der Waals surface area contributed by atoms with Crippen LogP contribution in [-0.4, -0.2) is 51.0 Å². The monoisotopic (exact) mass is 578 g/mol. The lowest BCUT2D eigenvalue weighted by Crippen LogP contribution is -2.43. The van der Waals surface area contributed by atoms with Crippen LogP contribution in [0.3, 0.4) is 0 Å². The molecular weight excluding hydrogens is 536 g/mol. The number of allylic oxidation sites excluding steroid dienone is 4. The SMILES string of the molecule is CC=C(C=C(C)N(C)CC(CC)C(=O)NC)c1ccc2nc(-c3cccnc3N)n(-c3ccc(C4(N)CCC4)cc3)c2n1. The topological polar surface area (TPSA) is 128 Å². The number of nitrogens with one attached hydrogen (secondary N) is 1. The van der Waals surface area contributed by atoms with Gasteiger partial charge in [-0.3, -0.25) is 9.36 Å². The molecule has 0 aliphatic heterocycles. The number of carbonyl (C=O) groups is 1. The number of rotatable bonds is 10. The molecule has 1 atom stereocenters. The van der Waals surface area contributed by atoms with Crippen molar-refractivity contribution in [3.8, 4) is 17.1 Å². The fourth-order valence-corrected chi connectivity index (χ4v) is 5.66. The van der Waals surface area contributed by atoms with Crippen molar-refractivity contribution in [2.75, 3.05) is 26.4 Å². The number of nitrogens with two attached hydrogens (primary N) is 2. The summed E-state index contributed by atoms with van der Waals surface area (Å²) in [5.41, 5.74) is 19.8. The molecule has 1 aliphatic rings. The molecule has 1 fully saturated rings. The number of imidazole rings is 1. The molecule has 1 aliphatic carbocycles. The molecule has 224 valence electrons. The van der Waals surface area contributed by atoms with Crippen LogP contribution >= 0.6 is 0 Å². The number of nitrogen functional groups attached to an aromatic ring is 1. The van der Waals surface area contributed by atoms with Gasteiger partial charge in [-0.2, -0.15) is 0 Å². The largest absolute Gasteiger partial charge is 0.383 e. The van der Waals surface area contributed by atoms with Gasteiger partial charge in [-0.15, -0.1) is 0 Å². The lowest BCUT2D eigenvalue weighted by Gasteiger charge is -2.38. The van der Waals surface area contributed by atoms with Crippen molar-refractivity contribution < 1.29 is 4.79 Å². The zero-order valence-corrected chi connectivity index (χ0v) is 25.8. The Bertz CT molecular complexity index is 1680. The number of fused-ring (bicyclic) bond motifs is 1. The molecular formula is C34H42N8O. The first-order valence-corrected chi connectivity index (χ1v) is 15.0. The standard InChI is InChI=1S/C34H42N8O/c1-6-23(20-22(3)41(5)21-24(7-2)33(43)37-4)28-15-16-29-32(39-28)42(31(40-29)27-10-8-19-38-30(27)35)26-13-11-25(12-14-26)34(36)17-9-18-34/h6,8,10-16,19-20,24H,7,9,17-18,21,36H2,1-5H3,(H2,35,38)(H,37,43). The Morgan fingerprint density at radius 1 is 1.16 bits per heavy atom. The molecule has 1 saturated carbocycles. The van der Waals surface area contributed by atoms with Gasteiger partial charge < -0.3 is 21.7 Å². The average Bonchev–Trinajstić information content (AvgIpc) is 3.39. The van der Waals surface area contributed by atoms with Crippen LogP contribution in [0.1, 0.15) is 57.7 Å². The minimum absolute atomic E-state index is 0.0567. The molecule has 5 N–H and O–H groups in total. The molecule has 9 heteroatoms. The first kappa shape index (κ1) is 30.0. The third-order valence-electron chi connectivity index (χ3n) is 8.71. The molecule has 0 saturated heterocycles. The lowest BCUT2D eigenvalue weighted by atomic mass is 9.73. The van der Waals surface area contributed by atoms with Gasteiger partial charge in [0.05, 0.1) is 17.2 Å². The molecule has 1 aromatic carbocycles. The summed E-state index contributed by atoms with van der Waals surface area (Å²) < 4.78 is 2.05. The summed E-state index contributed by atoms with van der Waals surface area (Å²) in [5.74, 6) is 1.06. The first-order chi connectivity index (χ1) is 20.7. The van der Waals surface area contributed by atoms with Crippen LogP contribution in [0.25, 0.3) is 33.8 Å². The second-order valence-electron chi connectivity index (χ2n) is 11.4. The van der Waals surface area contributed by atoms with Crippen molar-refractivity contribution in [1.29, 1.82) is 0 Å². The van der Waals surface area contributed by atoms with E-state index >= 15 is 0 Å². The Hall–Kier alpha value is -4.50. The zero-order valence-electron chi connectivity index (χ0n) is 25.8. The van der Waals surface area contributed by atoms with Crippen molar-refractivity contribution in [2.45, 2.75) is 52.0 Å². The van der Waals surface area contributed by atoms with E-state index in [1.165, 1.54) is 0 Å². The highest BCUT2D eigenvalue weighted by molar-refractivity contribution is 5.85. The number of anilines is 1. The molecule has 1 amide bonds. The highest BCUT2D eigenvalue weighted by Gasteiger charge is 2.34. The van der Waals surface area contributed by atoms with Gasteiger partial charge in [0.2, 0.25) is 5.91 Å². The Morgan fingerprint density at radius 3 is 2.51 bits per heavy atom. The van der Waals surface area contributed by atoms with Gasteiger partial charge in [0.15, 0.2) is 11.5 Å². The molecule has 1 unspecified atom stereocenters. The molecule has 4 aromatic rings. The Labute approximate surface area is 253 Å². The third kappa shape index (κ3) is 5.90. The second-order valence-corrected chi connectivity index (χ2v) is 11.4. The van der Waals surface area contributed by atoms with Crippen LogP contribution in [0, 0.1) is 5.92 Å². The zero-order chi connectivity index (χ0) is 30.7. The van der Waals surface area contributed by atoms with E-state index in [4.69, 9.17) is 21.4 Å². The predicted molar refractivity (Wildman–Crippen MR) is 174 cm³/mol. The van der Waals surface area contributed by atoms with E-state index in [0.29, 0.717) is 18.2 Å². The van der Waals surface area contributed by atoms with Crippen LogP contribution in [0.4, 0.5) is 5.82 Å². The summed E-state index contributed by atoms with van der Waals surface area (Å²) in [6.45, 7) is 6.73. The Morgan fingerprint density at radius 2 is 1.91 bits per heavy atom. The van der Waals surface area contributed by atoms with Crippen LogP contribution in [0.5, 0.6) is 0 Å². The van der Waals surface area contributed by atoms with Crippen molar-refractivity contribution in [2.24, 2.45) is 11.7 Å². The number of benzene rings is 1. The van der Waals surface area contributed by atoms with E-state index in [0.717, 1.165) is 70.6 Å². The highest BCUT2D eigenvalue weighted by Crippen LogP contribution is 2.39. The maximum absolute atomic E-state index is 12.3. The van der Waals surface area contributed by atoms with Gasteiger partial charge in [-0.25, -0.2) is 15.0 Å². The molecule has 9 nitrogen and oxygen atoms in total. The Kier molecular flexibility index (Phi) is 8.64. The van der Waals surface area contributed by atoms with Gasteiger partial charge in [0.25, 0.3) is 0 Å². The number of hydrogen-bond donors (Lipinski definition) is 3. The summed E-state index contributed by atoms with van der Waals surface area (Å²) >= 11 is 0. The van der Waals surface area contributed by atoms with Crippen molar-refractivity contribution in [3.63, 3.8) is 0 Å². The summed E-state index contributed by atoms with van der Waals surface area (Å²) in [7, 11) is 3.70. The summed E-state index contributed by atoms with van der Waals surface area (Å²) in [5, 5.41) is 2.77. The van der Waals surface area contributed by atoms with E-state index in [-0.39, 0.29) is 17.4 Å². The average molecular weight is 579 g/mol. The van der Waals surface area contributed by atoms with E-state index in [1.54, 1.807) is 13.2 Å². The molecule has 0 bridgehead atoms. The van der Waals surface area contributed by atoms with Gasteiger partial charge in [-0.05, 0) is 93.1 Å². The normalized spacial score (nSPS) is 15.7. The molecule has 0 spiro atoms. The Balaban J connectivity index is 1.57. The second kappa shape index (κ2) is 12.4. The third-order valence-corrected chi connectivity index (χ3v) is 8.71. The van der Waals surface area contributed by atoms with E-state index in [2.05, 4.69) is 58.5 Å². The number of hydrogen-bond acceptors (Lipinski definition) is 7. The number of nitrogens with zero attached hydrogens (tertiary/aromatic N) is 5. The van der Waals surface area contributed by atoms with Gasteiger partial charge >= 0.3 is 0 Å². The minimum atomic E-state index is -0.243. The van der Waals surface area contributed by atoms with Crippen molar-refractivity contribution in [1.82, 2.24) is 29.7 Å². The number of amides is 1. The molecule has 3 heterocycles. The summed E-state index contributed by atoms with van der Waals surface area (Å²) in [6, 6.07) is 16.2. The van der Waals surface area contributed by atoms with Crippen LogP contribution in [0.15, 0.2) is 72.6 Å². The quantitative estimate of drug-likeness (QED) is 0.215. The van der Waals surface area contributed by atoms with Crippen molar-refractivity contribution >= 4 is 28.5 Å². The summed E-state index contributed by atoms with van der Waals surface area (Å²) in [4.78, 5) is 28.8. The fraction of sp³-hybridized carbons (Fsp3) is 0.353. The van der Waals surface area contributed by atoms with Gasteiger partial charge in [0.1, 0.15) is 11.3 Å². The van der Waals surface area contributed by atoms with E-state index in [1.807, 2.05) is 49.7 Å².